The third-order valence-electron chi connectivity index (χ3n) is 6.11. The maximum Gasteiger partial charge on any atom is 0.191 e. The molecule has 0 saturated carbocycles. The average Bonchev–Trinajstić information content (AvgIpc) is 2.89. The topological polar surface area (TPSA) is 60.7 Å². The number of rotatable bonds is 8. The van der Waals surface area contributed by atoms with Gasteiger partial charge in [-0.1, -0.05) is 13.8 Å². The van der Waals surface area contributed by atoms with Crippen LogP contribution in [0.4, 0.5) is 0 Å². The number of guanidine groups is 1. The molecule has 1 fully saturated rings. The number of nitrogens with one attached hydrogen (secondary N) is 2. The van der Waals surface area contributed by atoms with Crippen LogP contribution in [0.1, 0.15) is 44.6 Å². The van der Waals surface area contributed by atoms with Crippen LogP contribution in [0.2, 0.25) is 0 Å². The van der Waals surface area contributed by atoms with Crippen molar-refractivity contribution in [3.63, 3.8) is 0 Å². The average molecular weight is 406 g/mol. The third kappa shape index (κ3) is 6.71. The van der Waals surface area contributed by atoms with Gasteiger partial charge < -0.3 is 15.5 Å². The summed E-state index contributed by atoms with van der Waals surface area (Å²) in [6.45, 7) is 19.5. The van der Waals surface area contributed by atoms with Crippen molar-refractivity contribution in [2.75, 3.05) is 46.3 Å². The molecule has 1 saturated heterocycles. The Morgan fingerprint density at radius 1 is 1.10 bits per heavy atom. The van der Waals surface area contributed by atoms with Gasteiger partial charge in [-0.15, -0.1) is 0 Å². The SMILES string of the molecule is CCNC(=NCC(C(C)C)N1CCN(C)CC1)NC(C)Cc1c(C)nn(C)c1C. The molecule has 1 aliphatic heterocycles. The molecule has 7 heteroatoms. The van der Waals surface area contributed by atoms with Crippen LogP contribution in [-0.4, -0.2) is 83.9 Å². The van der Waals surface area contributed by atoms with E-state index in [2.05, 4.69) is 74.1 Å². The maximum absolute atomic E-state index is 4.98. The molecule has 0 bridgehead atoms. The summed E-state index contributed by atoms with van der Waals surface area (Å²) in [5, 5.41) is 11.6. The fourth-order valence-corrected chi connectivity index (χ4v) is 4.11. The second-order valence-electron chi connectivity index (χ2n) is 8.89. The Kier molecular flexibility index (Phi) is 8.96. The molecule has 2 unspecified atom stereocenters. The molecule has 2 N–H and O–H groups in total. The molecule has 0 radical (unpaired) electrons. The van der Waals surface area contributed by atoms with E-state index in [-0.39, 0.29) is 6.04 Å². The number of hydrogen-bond acceptors (Lipinski definition) is 4. The highest BCUT2D eigenvalue weighted by molar-refractivity contribution is 5.80. The molecule has 7 nitrogen and oxygen atoms in total. The minimum Gasteiger partial charge on any atom is -0.357 e. The first-order valence-corrected chi connectivity index (χ1v) is 11.2. The molecule has 0 amide bonds. The summed E-state index contributed by atoms with van der Waals surface area (Å²) in [5.41, 5.74) is 3.70. The van der Waals surface area contributed by atoms with Gasteiger partial charge in [0.2, 0.25) is 0 Å². The van der Waals surface area contributed by atoms with Crippen molar-refractivity contribution < 1.29 is 0 Å². The number of nitrogens with zero attached hydrogens (tertiary/aromatic N) is 5. The van der Waals surface area contributed by atoms with Gasteiger partial charge >= 0.3 is 0 Å². The predicted octanol–water partition coefficient (Wildman–Crippen LogP) is 1.80. The number of aromatic nitrogens is 2. The molecule has 166 valence electrons. The van der Waals surface area contributed by atoms with E-state index in [0.29, 0.717) is 12.0 Å². The summed E-state index contributed by atoms with van der Waals surface area (Å²) < 4.78 is 1.97. The molecule has 2 rings (SSSR count). The van der Waals surface area contributed by atoms with Crippen molar-refractivity contribution in [1.29, 1.82) is 0 Å². The third-order valence-corrected chi connectivity index (χ3v) is 6.11. The first kappa shape index (κ1) is 23.7. The van der Waals surface area contributed by atoms with Crippen molar-refractivity contribution in [3.8, 4) is 0 Å². The number of aryl methyl sites for hydroxylation is 2. The summed E-state index contributed by atoms with van der Waals surface area (Å²) in [5.74, 6) is 1.50. The molecule has 1 aromatic rings. The van der Waals surface area contributed by atoms with Gasteiger partial charge in [0.25, 0.3) is 0 Å². The summed E-state index contributed by atoms with van der Waals surface area (Å²) >= 11 is 0. The van der Waals surface area contributed by atoms with E-state index in [1.54, 1.807) is 0 Å². The summed E-state index contributed by atoms with van der Waals surface area (Å²) in [4.78, 5) is 10.0. The maximum atomic E-state index is 4.98. The van der Waals surface area contributed by atoms with Crippen molar-refractivity contribution in [2.24, 2.45) is 18.0 Å². The van der Waals surface area contributed by atoms with Crippen LogP contribution in [0.25, 0.3) is 0 Å². The van der Waals surface area contributed by atoms with Crippen molar-refractivity contribution >= 4 is 5.96 Å². The van der Waals surface area contributed by atoms with Crippen molar-refractivity contribution in [3.05, 3.63) is 17.0 Å². The fourth-order valence-electron chi connectivity index (χ4n) is 4.11. The van der Waals surface area contributed by atoms with E-state index in [1.165, 1.54) is 11.3 Å². The highest BCUT2D eigenvalue weighted by Gasteiger charge is 2.25. The van der Waals surface area contributed by atoms with Crippen LogP contribution in [-0.2, 0) is 13.5 Å². The first-order valence-electron chi connectivity index (χ1n) is 11.2. The van der Waals surface area contributed by atoms with Gasteiger partial charge in [-0.3, -0.25) is 14.6 Å². The Balaban J connectivity index is 2.01. The Labute approximate surface area is 177 Å². The van der Waals surface area contributed by atoms with Crippen LogP contribution in [0.15, 0.2) is 4.99 Å². The lowest BCUT2D eigenvalue weighted by molar-refractivity contribution is 0.0925. The fraction of sp³-hybridized carbons (Fsp3) is 0.818. The van der Waals surface area contributed by atoms with Gasteiger partial charge in [-0.2, -0.15) is 5.10 Å². The Morgan fingerprint density at radius 3 is 2.28 bits per heavy atom. The van der Waals surface area contributed by atoms with Crippen LogP contribution in [0, 0.1) is 19.8 Å². The highest BCUT2D eigenvalue weighted by Crippen LogP contribution is 2.15. The zero-order chi connectivity index (χ0) is 21.6. The second kappa shape index (κ2) is 11.0. The van der Waals surface area contributed by atoms with E-state index in [0.717, 1.165) is 57.3 Å². The molecule has 0 aromatic carbocycles. The summed E-state index contributed by atoms with van der Waals surface area (Å²) in [7, 11) is 4.22. The highest BCUT2D eigenvalue weighted by atomic mass is 15.3. The van der Waals surface area contributed by atoms with Gasteiger partial charge in [0.1, 0.15) is 0 Å². The number of likely N-dealkylation sites (N-methyl/N-ethyl adjacent to an activating group) is 1. The van der Waals surface area contributed by atoms with E-state index in [1.807, 2.05) is 11.7 Å². The molecule has 0 spiro atoms. The quantitative estimate of drug-likeness (QED) is 0.510. The normalized spacial score (nSPS) is 18.9. The minimum atomic E-state index is 0.288. The Bertz CT molecular complexity index is 656. The van der Waals surface area contributed by atoms with Gasteiger partial charge in [0.15, 0.2) is 5.96 Å². The molecule has 29 heavy (non-hydrogen) atoms. The monoisotopic (exact) mass is 405 g/mol. The molecule has 2 heterocycles. The Morgan fingerprint density at radius 2 is 1.76 bits per heavy atom. The van der Waals surface area contributed by atoms with Crippen molar-refractivity contribution in [2.45, 2.75) is 60.0 Å². The number of piperazine rings is 1. The van der Waals surface area contributed by atoms with Gasteiger partial charge in [-0.05, 0) is 52.6 Å². The van der Waals surface area contributed by atoms with E-state index >= 15 is 0 Å². The molecule has 0 aliphatic carbocycles. The molecule has 1 aliphatic rings. The molecule has 2 atom stereocenters. The van der Waals surface area contributed by atoms with Crippen LogP contribution in [0.3, 0.4) is 0 Å². The van der Waals surface area contributed by atoms with Gasteiger partial charge in [0, 0.05) is 57.5 Å². The number of aliphatic imine (C=N–C) groups is 1. The zero-order valence-electron chi connectivity index (χ0n) is 19.9. The lowest BCUT2D eigenvalue weighted by Gasteiger charge is -2.39. The van der Waals surface area contributed by atoms with Crippen LogP contribution < -0.4 is 10.6 Å². The van der Waals surface area contributed by atoms with Crippen LogP contribution >= 0.6 is 0 Å². The lowest BCUT2D eigenvalue weighted by atomic mass is 10.0. The largest absolute Gasteiger partial charge is 0.357 e. The standard InChI is InChI=1S/C22H43N7/c1-9-23-22(25-17(4)14-20-18(5)26-28(8)19(20)6)24-15-21(16(2)3)29-12-10-27(7)11-13-29/h16-17,21H,9-15H2,1-8H3,(H2,23,24,25). The molecular weight excluding hydrogens is 362 g/mol. The van der Waals surface area contributed by atoms with Gasteiger partial charge in [0.05, 0.1) is 12.2 Å². The van der Waals surface area contributed by atoms with Crippen molar-refractivity contribution in [1.82, 2.24) is 30.2 Å². The minimum absolute atomic E-state index is 0.288. The van der Waals surface area contributed by atoms with E-state index in [4.69, 9.17) is 4.99 Å². The second-order valence-corrected chi connectivity index (χ2v) is 8.89. The van der Waals surface area contributed by atoms with Crippen LogP contribution in [0.5, 0.6) is 0 Å². The summed E-state index contributed by atoms with van der Waals surface area (Å²) in [6.07, 6.45) is 0.946. The predicted molar refractivity (Wildman–Crippen MR) is 123 cm³/mol. The first-order chi connectivity index (χ1) is 13.7. The lowest BCUT2D eigenvalue weighted by Crippen LogP contribution is -2.52. The molecule has 1 aromatic heterocycles. The van der Waals surface area contributed by atoms with E-state index < -0.39 is 0 Å². The van der Waals surface area contributed by atoms with Gasteiger partial charge in [-0.25, -0.2) is 0 Å². The zero-order valence-corrected chi connectivity index (χ0v) is 19.9. The summed E-state index contributed by atoms with van der Waals surface area (Å²) in [6, 6.07) is 0.771. The smallest absolute Gasteiger partial charge is 0.191 e. The molecular formula is C22H43N7. The Hall–Kier alpha value is -1.60. The number of hydrogen-bond donors (Lipinski definition) is 2. The van der Waals surface area contributed by atoms with E-state index in [9.17, 15) is 0 Å².